The maximum atomic E-state index is 6.44. The van der Waals surface area contributed by atoms with Crippen LogP contribution in [0, 0.1) is 0 Å². The Kier molecular flexibility index (Phi) is 4.73. The molecule has 0 aliphatic heterocycles. The van der Waals surface area contributed by atoms with Crippen LogP contribution in [0.2, 0.25) is 15.1 Å². The molecule has 0 atom stereocenters. The molecule has 0 aliphatic rings. The number of nitrogens with one attached hydrogen (secondary N) is 1. The molecular formula is C21H13Cl3N2. The van der Waals surface area contributed by atoms with Gasteiger partial charge in [-0.1, -0.05) is 71.2 Å². The minimum absolute atomic E-state index is 0.634. The Morgan fingerprint density at radius 3 is 1.85 bits per heavy atom. The number of imidazole rings is 1. The molecule has 128 valence electrons. The van der Waals surface area contributed by atoms with Gasteiger partial charge in [0.05, 0.1) is 16.4 Å². The highest BCUT2D eigenvalue weighted by molar-refractivity contribution is 6.34. The Labute approximate surface area is 166 Å². The average molecular weight is 400 g/mol. The molecule has 0 spiro atoms. The number of hydrogen-bond acceptors (Lipinski definition) is 1. The number of halogens is 3. The smallest absolute Gasteiger partial charge is 0.138 e. The summed E-state index contributed by atoms with van der Waals surface area (Å²) in [6.45, 7) is 0. The van der Waals surface area contributed by atoms with Crippen molar-refractivity contribution in [3.63, 3.8) is 0 Å². The molecule has 0 amide bonds. The van der Waals surface area contributed by atoms with Crippen molar-refractivity contribution in [2.75, 3.05) is 0 Å². The van der Waals surface area contributed by atoms with Crippen molar-refractivity contribution in [1.82, 2.24) is 9.97 Å². The van der Waals surface area contributed by atoms with Crippen LogP contribution in [0.15, 0.2) is 72.8 Å². The summed E-state index contributed by atoms with van der Waals surface area (Å²) in [5.74, 6) is 0.728. The van der Waals surface area contributed by atoms with Crippen LogP contribution in [0.4, 0.5) is 0 Å². The third-order valence-corrected chi connectivity index (χ3v) is 5.00. The first-order chi connectivity index (χ1) is 12.6. The van der Waals surface area contributed by atoms with Crippen molar-refractivity contribution >= 4 is 34.8 Å². The van der Waals surface area contributed by atoms with E-state index in [0.717, 1.165) is 33.9 Å². The molecular weight excluding hydrogens is 387 g/mol. The monoisotopic (exact) mass is 398 g/mol. The molecule has 1 heterocycles. The van der Waals surface area contributed by atoms with Crippen molar-refractivity contribution in [3.8, 4) is 33.9 Å². The molecule has 0 aliphatic carbocycles. The lowest BCUT2D eigenvalue weighted by molar-refractivity contribution is 1.31. The van der Waals surface area contributed by atoms with Gasteiger partial charge in [-0.05, 0) is 36.4 Å². The maximum absolute atomic E-state index is 6.44. The normalized spacial score (nSPS) is 10.9. The van der Waals surface area contributed by atoms with Crippen molar-refractivity contribution in [2.24, 2.45) is 0 Å². The summed E-state index contributed by atoms with van der Waals surface area (Å²) in [6.07, 6.45) is 0. The second-order valence-corrected chi connectivity index (χ2v) is 7.03. The molecule has 4 aromatic rings. The molecule has 0 saturated carbocycles. The molecule has 1 N–H and O–H groups in total. The SMILES string of the molecule is Clc1ccc(-c2nc(-c3ccccc3Cl)c(-c3ccccc3Cl)[nH]2)cc1. The highest BCUT2D eigenvalue weighted by Gasteiger charge is 2.18. The third-order valence-electron chi connectivity index (χ3n) is 4.09. The predicted molar refractivity (Wildman–Crippen MR) is 110 cm³/mol. The summed E-state index contributed by atoms with van der Waals surface area (Å²) in [5.41, 5.74) is 4.24. The molecule has 4 rings (SSSR count). The lowest BCUT2D eigenvalue weighted by Crippen LogP contribution is -1.85. The Morgan fingerprint density at radius 1 is 0.654 bits per heavy atom. The summed E-state index contributed by atoms with van der Waals surface area (Å²) < 4.78 is 0. The van der Waals surface area contributed by atoms with E-state index >= 15 is 0 Å². The highest BCUT2D eigenvalue weighted by Crippen LogP contribution is 2.38. The third kappa shape index (κ3) is 3.24. The van der Waals surface area contributed by atoms with Crippen LogP contribution in [0.25, 0.3) is 33.9 Å². The number of aromatic nitrogens is 2. The number of nitrogens with zero attached hydrogens (tertiary/aromatic N) is 1. The average Bonchev–Trinajstić information content (AvgIpc) is 3.08. The summed E-state index contributed by atoms with van der Waals surface area (Å²) in [6, 6.07) is 22.8. The molecule has 1 aromatic heterocycles. The van der Waals surface area contributed by atoms with Crippen LogP contribution in [-0.2, 0) is 0 Å². The summed E-state index contributed by atoms with van der Waals surface area (Å²) >= 11 is 18.9. The topological polar surface area (TPSA) is 28.7 Å². The zero-order valence-corrected chi connectivity index (χ0v) is 15.8. The van der Waals surface area contributed by atoms with Gasteiger partial charge in [0.15, 0.2) is 0 Å². The van der Waals surface area contributed by atoms with E-state index in [4.69, 9.17) is 39.8 Å². The van der Waals surface area contributed by atoms with E-state index in [2.05, 4.69) is 4.98 Å². The van der Waals surface area contributed by atoms with Gasteiger partial charge >= 0.3 is 0 Å². The second-order valence-electron chi connectivity index (χ2n) is 5.78. The van der Waals surface area contributed by atoms with E-state index in [1.807, 2.05) is 72.8 Å². The van der Waals surface area contributed by atoms with Gasteiger partial charge in [0.25, 0.3) is 0 Å². The van der Waals surface area contributed by atoms with Gasteiger partial charge in [0.1, 0.15) is 5.82 Å². The number of benzene rings is 3. The van der Waals surface area contributed by atoms with E-state index in [9.17, 15) is 0 Å². The number of H-pyrrole nitrogens is 1. The van der Waals surface area contributed by atoms with Crippen molar-refractivity contribution in [2.45, 2.75) is 0 Å². The van der Waals surface area contributed by atoms with Crippen LogP contribution in [0.5, 0.6) is 0 Å². The van der Waals surface area contributed by atoms with E-state index in [1.54, 1.807) is 0 Å². The first kappa shape index (κ1) is 17.2. The van der Waals surface area contributed by atoms with Gasteiger partial charge in [-0.15, -0.1) is 0 Å². The lowest BCUT2D eigenvalue weighted by Gasteiger charge is -2.06. The summed E-state index contributed by atoms with van der Waals surface area (Å²) in [5, 5.41) is 1.96. The van der Waals surface area contributed by atoms with Crippen LogP contribution in [0.3, 0.4) is 0 Å². The van der Waals surface area contributed by atoms with E-state index < -0.39 is 0 Å². The van der Waals surface area contributed by atoms with Gasteiger partial charge in [-0.2, -0.15) is 0 Å². The van der Waals surface area contributed by atoms with Crippen molar-refractivity contribution in [3.05, 3.63) is 87.9 Å². The van der Waals surface area contributed by atoms with Gasteiger partial charge in [0.2, 0.25) is 0 Å². The van der Waals surface area contributed by atoms with Gasteiger partial charge in [-0.3, -0.25) is 0 Å². The molecule has 5 heteroatoms. The molecule has 3 aromatic carbocycles. The minimum atomic E-state index is 0.634. The van der Waals surface area contributed by atoms with Crippen molar-refractivity contribution < 1.29 is 0 Å². The first-order valence-corrected chi connectivity index (χ1v) is 9.12. The quantitative estimate of drug-likeness (QED) is 0.383. The fraction of sp³-hybridized carbons (Fsp3) is 0. The van der Waals surface area contributed by atoms with E-state index in [0.29, 0.717) is 15.1 Å². The van der Waals surface area contributed by atoms with Gasteiger partial charge in [-0.25, -0.2) is 4.98 Å². The van der Waals surface area contributed by atoms with Gasteiger partial charge in [0, 0.05) is 26.7 Å². The fourth-order valence-corrected chi connectivity index (χ4v) is 3.41. The van der Waals surface area contributed by atoms with E-state index in [-0.39, 0.29) is 0 Å². The standard InChI is InChI=1S/C21H13Cl3N2/c22-14-11-9-13(10-12-14)21-25-19(15-5-1-3-7-17(15)23)20(26-21)16-6-2-4-8-18(16)24/h1-12H,(H,25,26). The zero-order chi connectivity index (χ0) is 18.1. The lowest BCUT2D eigenvalue weighted by atomic mass is 10.1. The first-order valence-electron chi connectivity index (χ1n) is 7.99. The zero-order valence-electron chi connectivity index (χ0n) is 13.5. The Hall–Kier alpha value is -2.26. The summed E-state index contributed by atoms with van der Waals surface area (Å²) in [7, 11) is 0. The van der Waals surface area contributed by atoms with Crippen LogP contribution < -0.4 is 0 Å². The molecule has 26 heavy (non-hydrogen) atoms. The Bertz CT molecular complexity index is 1010. The predicted octanol–water partition coefficient (Wildman–Crippen LogP) is 7.37. The maximum Gasteiger partial charge on any atom is 0.138 e. The number of hydrogen-bond donors (Lipinski definition) is 1. The minimum Gasteiger partial charge on any atom is -0.337 e. The fourth-order valence-electron chi connectivity index (χ4n) is 2.82. The summed E-state index contributed by atoms with van der Waals surface area (Å²) in [4.78, 5) is 8.22. The van der Waals surface area contributed by atoms with Crippen LogP contribution in [0.1, 0.15) is 0 Å². The molecule has 0 fully saturated rings. The van der Waals surface area contributed by atoms with Crippen LogP contribution >= 0.6 is 34.8 Å². The van der Waals surface area contributed by atoms with Crippen LogP contribution in [-0.4, -0.2) is 9.97 Å². The highest BCUT2D eigenvalue weighted by atomic mass is 35.5. The largest absolute Gasteiger partial charge is 0.337 e. The van der Waals surface area contributed by atoms with E-state index in [1.165, 1.54) is 0 Å². The molecule has 0 bridgehead atoms. The Balaban J connectivity index is 1.95. The van der Waals surface area contributed by atoms with Crippen molar-refractivity contribution in [1.29, 1.82) is 0 Å². The molecule has 0 radical (unpaired) electrons. The molecule has 0 unspecified atom stereocenters. The molecule has 2 nitrogen and oxygen atoms in total. The number of aromatic amines is 1. The molecule has 0 saturated heterocycles. The number of rotatable bonds is 3. The second kappa shape index (κ2) is 7.16. The van der Waals surface area contributed by atoms with Gasteiger partial charge < -0.3 is 4.98 Å². The Morgan fingerprint density at radius 2 is 1.23 bits per heavy atom.